The van der Waals surface area contributed by atoms with Crippen LogP contribution in [0.5, 0.6) is 0 Å². The van der Waals surface area contributed by atoms with E-state index in [0.29, 0.717) is 16.0 Å². The maximum atomic E-state index is 13.7. The zero-order valence-electron chi connectivity index (χ0n) is 12.1. The average molecular weight is 379 g/mol. The van der Waals surface area contributed by atoms with Crippen molar-refractivity contribution in [3.05, 3.63) is 58.9 Å². The van der Waals surface area contributed by atoms with Crippen molar-refractivity contribution in [3.63, 3.8) is 0 Å². The molecule has 0 bridgehead atoms. The predicted molar refractivity (Wildman–Crippen MR) is 87.6 cm³/mol. The quantitative estimate of drug-likeness (QED) is 0.800. The molecule has 8 heteroatoms. The van der Waals surface area contributed by atoms with Crippen LogP contribution < -0.4 is 10.6 Å². The number of aromatic nitrogens is 2. The fraction of sp³-hybridized carbons (Fsp3) is 0.0667. The summed E-state index contributed by atoms with van der Waals surface area (Å²) in [5.41, 5.74) is 0.392. The fourth-order valence-electron chi connectivity index (χ4n) is 1.69. The molecule has 2 aromatic rings. The standard InChI is InChI=1S/C15H12BrFN4O2/c1-3-13(22)21-12-6-9(4-5-11(12)17)20-15(23)14-10(16)7-18-8(2)19-14/h3-7H,1H2,2H3,(H,20,23)(H,21,22). The smallest absolute Gasteiger partial charge is 0.275 e. The summed E-state index contributed by atoms with van der Waals surface area (Å²) in [5, 5.41) is 4.90. The number of hydrogen-bond donors (Lipinski definition) is 2. The Morgan fingerprint density at radius 2 is 2.09 bits per heavy atom. The Kier molecular flexibility index (Phi) is 5.17. The van der Waals surface area contributed by atoms with Crippen molar-refractivity contribution in [2.45, 2.75) is 6.92 Å². The van der Waals surface area contributed by atoms with E-state index in [2.05, 4.69) is 43.1 Å². The van der Waals surface area contributed by atoms with Gasteiger partial charge in [0.2, 0.25) is 5.91 Å². The van der Waals surface area contributed by atoms with E-state index in [4.69, 9.17) is 0 Å². The van der Waals surface area contributed by atoms with E-state index in [1.165, 1.54) is 18.3 Å². The number of carbonyl (C=O) groups is 2. The second kappa shape index (κ2) is 7.10. The summed E-state index contributed by atoms with van der Waals surface area (Å²) in [6.45, 7) is 4.95. The third-order valence-corrected chi connectivity index (χ3v) is 3.33. The van der Waals surface area contributed by atoms with Gasteiger partial charge < -0.3 is 10.6 Å². The first-order valence-electron chi connectivity index (χ1n) is 6.44. The molecule has 0 aliphatic heterocycles. The first kappa shape index (κ1) is 16.8. The normalized spacial score (nSPS) is 10.0. The second-order valence-electron chi connectivity index (χ2n) is 4.46. The number of carbonyl (C=O) groups excluding carboxylic acids is 2. The first-order valence-corrected chi connectivity index (χ1v) is 7.23. The maximum absolute atomic E-state index is 13.7. The molecule has 0 fully saturated rings. The summed E-state index contributed by atoms with van der Waals surface area (Å²) in [5.74, 6) is -1.23. The van der Waals surface area contributed by atoms with E-state index in [1.54, 1.807) is 6.92 Å². The van der Waals surface area contributed by atoms with E-state index in [-0.39, 0.29) is 11.4 Å². The Labute approximate surface area is 140 Å². The molecule has 1 aromatic carbocycles. The van der Waals surface area contributed by atoms with Gasteiger partial charge in [0.15, 0.2) is 0 Å². The van der Waals surface area contributed by atoms with Crippen LogP contribution in [0.25, 0.3) is 0 Å². The second-order valence-corrected chi connectivity index (χ2v) is 5.31. The number of rotatable bonds is 4. The molecule has 0 saturated heterocycles. The lowest BCUT2D eigenvalue weighted by Gasteiger charge is -2.09. The maximum Gasteiger partial charge on any atom is 0.275 e. The van der Waals surface area contributed by atoms with E-state index < -0.39 is 17.6 Å². The van der Waals surface area contributed by atoms with Crippen LogP contribution in [0.1, 0.15) is 16.3 Å². The lowest BCUT2D eigenvalue weighted by Crippen LogP contribution is -2.16. The monoisotopic (exact) mass is 378 g/mol. The van der Waals surface area contributed by atoms with Gasteiger partial charge in [-0.15, -0.1) is 0 Å². The number of aryl methyl sites for hydroxylation is 1. The van der Waals surface area contributed by atoms with E-state index >= 15 is 0 Å². The predicted octanol–water partition coefficient (Wildman–Crippen LogP) is 3.06. The molecule has 0 radical (unpaired) electrons. The van der Waals surface area contributed by atoms with Crippen molar-refractivity contribution in [2.75, 3.05) is 10.6 Å². The minimum absolute atomic E-state index is 0.0642. The number of amides is 2. The molecule has 0 spiro atoms. The number of nitrogens with zero attached hydrogens (tertiary/aromatic N) is 2. The van der Waals surface area contributed by atoms with Crippen LogP contribution in [0.15, 0.2) is 41.5 Å². The molecule has 0 unspecified atom stereocenters. The van der Waals surface area contributed by atoms with E-state index in [1.807, 2.05) is 0 Å². The summed E-state index contributed by atoms with van der Waals surface area (Å²) in [6, 6.07) is 3.81. The zero-order valence-corrected chi connectivity index (χ0v) is 13.6. The summed E-state index contributed by atoms with van der Waals surface area (Å²) in [4.78, 5) is 31.5. The number of hydrogen-bond acceptors (Lipinski definition) is 4. The highest BCUT2D eigenvalue weighted by atomic mass is 79.9. The van der Waals surface area contributed by atoms with Gasteiger partial charge >= 0.3 is 0 Å². The largest absolute Gasteiger partial charge is 0.321 e. The molecule has 2 rings (SSSR count). The van der Waals surface area contributed by atoms with Crippen LogP contribution in [0.2, 0.25) is 0 Å². The van der Waals surface area contributed by atoms with Gasteiger partial charge in [-0.2, -0.15) is 0 Å². The summed E-state index contributed by atoms with van der Waals surface area (Å²) >= 11 is 3.20. The summed E-state index contributed by atoms with van der Waals surface area (Å²) < 4.78 is 14.1. The lowest BCUT2D eigenvalue weighted by molar-refractivity contribution is -0.111. The van der Waals surface area contributed by atoms with Crippen molar-refractivity contribution in [3.8, 4) is 0 Å². The Hall–Kier alpha value is -2.61. The fourth-order valence-corrected chi connectivity index (χ4v) is 2.06. The molecule has 23 heavy (non-hydrogen) atoms. The van der Waals surface area contributed by atoms with Gasteiger partial charge in [-0.05, 0) is 47.1 Å². The topological polar surface area (TPSA) is 84.0 Å². The van der Waals surface area contributed by atoms with E-state index in [9.17, 15) is 14.0 Å². The third-order valence-electron chi connectivity index (χ3n) is 2.75. The highest BCUT2D eigenvalue weighted by Gasteiger charge is 2.14. The molecule has 118 valence electrons. The van der Waals surface area contributed by atoms with Crippen molar-refractivity contribution >= 4 is 39.1 Å². The zero-order chi connectivity index (χ0) is 17.0. The molecule has 0 atom stereocenters. The summed E-state index contributed by atoms with van der Waals surface area (Å²) in [6.07, 6.45) is 2.49. The highest BCUT2D eigenvalue weighted by Crippen LogP contribution is 2.21. The van der Waals surface area contributed by atoms with Crippen LogP contribution >= 0.6 is 15.9 Å². The number of anilines is 2. The van der Waals surface area contributed by atoms with Gasteiger partial charge in [0, 0.05) is 11.9 Å². The Morgan fingerprint density at radius 3 is 2.78 bits per heavy atom. The molecule has 0 aliphatic carbocycles. The Morgan fingerprint density at radius 1 is 1.35 bits per heavy atom. The molecule has 1 aromatic heterocycles. The Bertz CT molecular complexity index is 795. The molecular weight excluding hydrogens is 367 g/mol. The number of benzene rings is 1. The van der Waals surface area contributed by atoms with Crippen LogP contribution in [0, 0.1) is 12.7 Å². The van der Waals surface area contributed by atoms with Crippen LogP contribution in [0.3, 0.4) is 0 Å². The summed E-state index contributed by atoms with van der Waals surface area (Å²) in [7, 11) is 0. The minimum Gasteiger partial charge on any atom is -0.321 e. The van der Waals surface area contributed by atoms with Gasteiger partial charge in [0.25, 0.3) is 5.91 Å². The number of halogens is 2. The molecule has 0 saturated carbocycles. The van der Waals surface area contributed by atoms with Gasteiger partial charge in [0.1, 0.15) is 17.3 Å². The molecule has 0 aliphatic rings. The van der Waals surface area contributed by atoms with Crippen LogP contribution in [-0.4, -0.2) is 21.8 Å². The van der Waals surface area contributed by atoms with Gasteiger partial charge in [0.05, 0.1) is 10.2 Å². The van der Waals surface area contributed by atoms with Crippen molar-refractivity contribution in [1.82, 2.24) is 9.97 Å². The Balaban J connectivity index is 2.24. The molecular formula is C15H12BrFN4O2. The molecule has 2 N–H and O–H groups in total. The van der Waals surface area contributed by atoms with Crippen molar-refractivity contribution < 1.29 is 14.0 Å². The SMILES string of the molecule is C=CC(=O)Nc1cc(NC(=O)c2nc(C)ncc2Br)ccc1F. The van der Waals surface area contributed by atoms with Gasteiger partial charge in [-0.1, -0.05) is 6.58 Å². The van der Waals surface area contributed by atoms with Crippen molar-refractivity contribution in [1.29, 1.82) is 0 Å². The lowest BCUT2D eigenvalue weighted by atomic mass is 10.2. The number of nitrogens with one attached hydrogen (secondary N) is 2. The first-order chi connectivity index (χ1) is 10.9. The van der Waals surface area contributed by atoms with E-state index in [0.717, 1.165) is 12.1 Å². The van der Waals surface area contributed by atoms with Crippen molar-refractivity contribution in [2.24, 2.45) is 0 Å². The average Bonchev–Trinajstić information content (AvgIpc) is 2.52. The molecule has 2 amide bonds. The highest BCUT2D eigenvalue weighted by molar-refractivity contribution is 9.10. The molecule has 1 heterocycles. The molecule has 6 nitrogen and oxygen atoms in total. The minimum atomic E-state index is -0.628. The van der Waals surface area contributed by atoms with Gasteiger partial charge in [-0.25, -0.2) is 14.4 Å². The van der Waals surface area contributed by atoms with Gasteiger partial charge in [-0.3, -0.25) is 9.59 Å². The third kappa shape index (κ3) is 4.19. The van der Waals surface area contributed by atoms with Crippen LogP contribution in [-0.2, 0) is 4.79 Å². The van der Waals surface area contributed by atoms with Crippen LogP contribution in [0.4, 0.5) is 15.8 Å².